The lowest BCUT2D eigenvalue weighted by atomic mass is 10.0. The van der Waals surface area contributed by atoms with Gasteiger partial charge < -0.3 is 19.9 Å². The largest absolute Gasteiger partial charge is 0.433 e. The number of likely N-dealkylation sites (tertiary alicyclic amines) is 1. The molecule has 0 spiro atoms. The second-order valence-electron chi connectivity index (χ2n) is 9.13. The minimum atomic E-state index is -5.24. The van der Waals surface area contributed by atoms with Crippen molar-refractivity contribution in [1.82, 2.24) is 20.2 Å². The van der Waals surface area contributed by atoms with Crippen molar-refractivity contribution in [3.63, 3.8) is 0 Å². The summed E-state index contributed by atoms with van der Waals surface area (Å²) in [6, 6.07) is 4.72. The molecule has 0 aliphatic carbocycles. The fraction of sp³-hybridized carbons (Fsp3) is 0.320. The number of halogens is 10. The maximum Gasteiger partial charge on any atom is 0.433 e. The number of rotatable bonds is 6. The molecule has 2 heterocycles. The lowest BCUT2D eigenvalue weighted by Gasteiger charge is -2.38. The summed E-state index contributed by atoms with van der Waals surface area (Å²) < 4.78 is 139. The molecule has 4 rings (SSSR count). The van der Waals surface area contributed by atoms with Crippen LogP contribution in [0, 0.1) is 5.82 Å². The van der Waals surface area contributed by atoms with Crippen molar-refractivity contribution in [2.45, 2.75) is 37.8 Å². The molecule has 0 atom stereocenters. The zero-order chi connectivity index (χ0) is 31.0. The highest BCUT2D eigenvalue weighted by atomic mass is 19.4. The summed E-state index contributed by atoms with van der Waals surface area (Å²) in [5.74, 6) is -2.98. The van der Waals surface area contributed by atoms with E-state index in [2.05, 4.69) is 10.3 Å². The molecule has 17 heteroatoms. The van der Waals surface area contributed by atoms with E-state index in [4.69, 9.17) is 4.74 Å². The monoisotopic (exact) mass is 612 g/mol. The summed E-state index contributed by atoms with van der Waals surface area (Å²) in [7, 11) is 0. The fourth-order valence-corrected chi connectivity index (χ4v) is 3.99. The van der Waals surface area contributed by atoms with E-state index < -0.39 is 82.4 Å². The van der Waals surface area contributed by atoms with Gasteiger partial charge in [-0.25, -0.2) is 14.2 Å². The molecule has 3 aromatic rings. The van der Waals surface area contributed by atoms with Crippen LogP contribution in [0.5, 0.6) is 0 Å². The highest BCUT2D eigenvalue weighted by Crippen LogP contribution is 2.39. The maximum absolute atomic E-state index is 15.3. The van der Waals surface area contributed by atoms with Gasteiger partial charge in [0.05, 0.1) is 42.5 Å². The quantitative estimate of drug-likeness (QED) is 0.348. The maximum atomic E-state index is 15.3. The Morgan fingerprint density at radius 2 is 1.67 bits per heavy atom. The molecule has 42 heavy (non-hydrogen) atoms. The first-order valence-corrected chi connectivity index (χ1v) is 11.8. The lowest BCUT2D eigenvalue weighted by Crippen LogP contribution is -2.57. The van der Waals surface area contributed by atoms with Crippen LogP contribution in [-0.4, -0.2) is 40.1 Å². The van der Waals surface area contributed by atoms with Gasteiger partial charge in [-0.05, 0) is 23.8 Å². The van der Waals surface area contributed by atoms with E-state index in [1.807, 2.05) is 0 Å². The number of alkyl halides is 9. The van der Waals surface area contributed by atoms with E-state index >= 15 is 4.39 Å². The molecule has 2 N–H and O–H groups in total. The first-order chi connectivity index (χ1) is 19.4. The van der Waals surface area contributed by atoms with Crippen molar-refractivity contribution in [3.8, 4) is 11.4 Å². The number of aromatic amines is 1. The molecule has 1 fully saturated rings. The van der Waals surface area contributed by atoms with Gasteiger partial charge in [0, 0.05) is 18.2 Å². The highest BCUT2D eigenvalue weighted by molar-refractivity contribution is 5.75. The van der Waals surface area contributed by atoms with Gasteiger partial charge in [0.15, 0.2) is 5.69 Å². The Hall–Kier alpha value is -4.15. The third-order valence-electron chi connectivity index (χ3n) is 6.10. The number of hydrogen-bond acceptors (Lipinski definition) is 4. The minimum Gasteiger partial charge on any atom is -0.370 e. The number of carbonyl (C=O) groups excluding carboxylic acids is 1. The number of hydrogen-bond donors (Lipinski definition) is 2. The standard InChI is InChI=1S/C25H18F10N4O3/c26-20-13(4-5-16(24(30,31)32)19(20)21-37-17(25(33,34)35)7-18(40)38-21)8-36-22(41)39-9-15(10-39)42-11-12-2-1-3-14(6-12)23(27,28)29/h1-7,15H,8-11H2,(H,36,41)(H,37,38,40). The number of nitrogens with one attached hydrogen (secondary N) is 2. The number of benzene rings is 2. The first kappa shape index (κ1) is 30.8. The molecule has 2 amide bonds. The van der Waals surface area contributed by atoms with Crippen molar-refractivity contribution in [2.24, 2.45) is 0 Å². The zero-order valence-electron chi connectivity index (χ0n) is 20.8. The van der Waals surface area contributed by atoms with Crippen LogP contribution in [0.25, 0.3) is 11.4 Å². The smallest absolute Gasteiger partial charge is 0.370 e. The Labute approximate surface area is 229 Å². The summed E-state index contributed by atoms with van der Waals surface area (Å²) in [4.78, 5) is 30.0. The Morgan fingerprint density at radius 3 is 2.29 bits per heavy atom. The van der Waals surface area contributed by atoms with Crippen molar-refractivity contribution in [3.05, 3.63) is 86.6 Å². The van der Waals surface area contributed by atoms with Crippen molar-refractivity contribution < 1.29 is 53.4 Å². The van der Waals surface area contributed by atoms with Gasteiger partial charge in [0.1, 0.15) is 11.6 Å². The molecule has 1 aliphatic rings. The SMILES string of the molecule is O=C(NCc1ccc(C(F)(F)F)c(-c2nc(C(F)(F)F)cc(=O)[nH]2)c1F)N1CC(OCc2cccc(C(F)(F)F)c2)C1. The number of ether oxygens (including phenoxy) is 1. The second kappa shape index (κ2) is 11.3. The van der Waals surface area contributed by atoms with Crippen LogP contribution in [0.15, 0.2) is 47.3 Å². The van der Waals surface area contributed by atoms with Crippen LogP contribution in [0.1, 0.15) is 27.9 Å². The van der Waals surface area contributed by atoms with Crippen LogP contribution >= 0.6 is 0 Å². The second-order valence-corrected chi connectivity index (χ2v) is 9.13. The molecule has 1 aromatic heterocycles. The number of nitrogens with zero attached hydrogens (tertiary/aromatic N) is 2. The Morgan fingerprint density at radius 1 is 0.976 bits per heavy atom. The van der Waals surface area contributed by atoms with Crippen LogP contribution in [-0.2, 0) is 36.4 Å². The Bertz CT molecular complexity index is 1530. The summed E-state index contributed by atoms with van der Waals surface area (Å²) in [6.07, 6.45) is -15.5. The third kappa shape index (κ3) is 7.00. The van der Waals surface area contributed by atoms with E-state index in [1.54, 1.807) is 4.98 Å². The van der Waals surface area contributed by atoms with E-state index in [-0.39, 0.29) is 31.3 Å². The van der Waals surface area contributed by atoms with Crippen molar-refractivity contribution in [2.75, 3.05) is 13.1 Å². The number of urea groups is 1. The van der Waals surface area contributed by atoms with Gasteiger partial charge in [0.2, 0.25) is 0 Å². The summed E-state index contributed by atoms with van der Waals surface area (Å²) in [6.45, 7) is -0.859. The Balaban J connectivity index is 1.43. The first-order valence-electron chi connectivity index (χ1n) is 11.8. The molecule has 0 bridgehead atoms. The normalized spacial score (nSPS) is 14.6. The third-order valence-corrected chi connectivity index (χ3v) is 6.10. The molecule has 1 saturated heterocycles. The molecule has 226 valence electrons. The van der Waals surface area contributed by atoms with Gasteiger partial charge in [-0.3, -0.25) is 4.79 Å². The van der Waals surface area contributed by atoms with E-state index in [1.165, 1.54) is 17.0 Å². The molecule has 0 unspecified atom stereocenters. The van der Waals surface area contributed by atoms with Crippen molar-refractivity contribution in [1.29, 1.82) is 0 Å². The molecule has 7 nitrogen and oxygen atoms in total. The van der Waals surface area contributed by atoms with Crippen molar-refractivity contribution >= 4 is 6.03 Å². The van der Waals surface area contributed by atoms with Crippen LogP contribution < -0.4 is 10.9 Å². The van der Waals surface area contributed by atoms with Crippen LogP contribution in [0.3, 0.4) is 0 Å². The van der Waals surface area contributed by atoms with Crippen LogP contribution in [0.4, 0.5) is 48.7 Å². The van der Waals surface area contributed by atoms with E-state index in [0.717, 1.165) is 12.1 Å². The zero-order valence-corrected chi connectivity index (χ0v) is 20.8. The van der Waals surface area contributed by atoms with Gasteiger partial charge in [-0.2, -0.15) is 39.5 Å². The molecule has 0 saturated carbocycles. The van der Waals surface area contributed by atoms with Crippen LogP contribution in [0.2, 0.25) is 0 Å². The average Bonchev–Trinajstić information content (AvgIpc) is 2.85. The molecular formula is C25H18F10N4O3. The highest BCUT2D eigenvalue weighted by Gasteiger charge is 2.39. The average molecular weight is 612 g/mol. The number of H-pyrrole nitrogens is 1. The molecule has 0 radical (unpaired) electrons. The predicted molar refractivity (Wildman–Crippen MR) is 124 cm³/mol. The Kier molecular flexibility index (Phi) is 8.26. The van der Waals surface area contributed by atoms with Gasteiger partial charge in [-0.15, -0.1) is 0 Å². The lowest BCUT2D eigenvalue weighted by molar-refractivity contribution is -0.141. The van der Waals surface area contributed by atoms with E-state index in [0.29, 0.717) is 12.1 Å². The minimum absolute atomic E-state index is 0.000923. The summed E-state index contributed by atoms with van der Waals surface area (Å²) in [5.41, 5.74) is -7.61. The summed E-state index contributed by atoms with van der Waals surface area (Å²) in [5, 5.41) is 2.26. The van der Waals surface area contributed by atoms with E-state index in [9.17, 15) is 49.1 Å². The number of carbonyl (C=O) groups is 1. The van der Waals surface area contributed by atoms with Gasteiger partial charge in [0.25, 0.3) is 5.56 Å². The van der Waals surface area contributed by atoms with Gasteiger partial charge >= 0.3 is 24.6 Å². The topological polar surface area (TPSA) is 87.3 Å². The number of aromatic nitrogens is 2. The molecule has 2 aromatic carbocycles. The molecule has 1 aliphatic heterocycles. The number of amides is 2. The summed E-state index contributed by atoms with van der Waals surface area (Å²) >= 11 is 0. The molecular weight excluding hydrogens is 594 g/mol. The van der Waals surface area contributed by atoms with Gasteiger partial charge in [-0.1, -0.05) is 18.2 Å². The fourth-order valence-electron chi connectivity index (χ4n) is 3.99. The predicted octanol–water partition coefficient (Wildman–Crippen LogP) is 5.74.